The van der Waals surface area contributed by atoms with Gasteiger partial charge in [0.15, 0.2) is 19.0 Å². The quantitative estimate of drug-likeness (QED) is 0.617. The molecule has 6 nitrogen and oxygen atoms in total. The average Bonchev–Trinajstić information content (AvgIpc) is 2.86. The van der Waals surface area contributed by atoms with Gasteiger partial charge in [0.25, 0.3) is 0 Å². The van der Waals surface area contributed by atoms with Crippen molar-refractivity contribution in [1.29, 1.82) is 0 Å². The predicted molar refractivity (Wildman–Crippen MR) is 92.2 cm³/mol. The molecule has 1 aromatic carbocycles. The van der Waals surface area contributed by atoms with Crippen molar-refractivity contribution < 1.29 is 23.9 Å². The molecular weight excluding hydrogens is 322 g/mol. The molecule has 0 radical (unpaired) electrons. The number of esters is 1. The maximum atomic E-state index is 12.2. The number of H-pyrrole nitrogens is 1. The second kappa shape index (κ2) is 7.79. The zero-order valence-electron chi connectivity index (χ0n) is 14.8. The van der Waals surface area contributed by atoms with Crippen LogP contribution in [0.2, 0.25) is 0 Å². The molecule has 1 N–H and O–H groups in total. The average molecular weight is 343 g/mol. The molecular formula is C19H21NO5. The van der Waals surface area contributed by atoms with Crippen LogP contribution >= 0.6 is 0 Å². The minimum atomic E-state index is -0.635. The smallest absolute Gasteiger partial charge is 0.344 e. The number of aromatic nitrogens is 1. The van der Waals surface area contributed by atoms with Crippen LogP contribution in [0.3, 0.4) is 0 Å². The molecule has 0 spiro atoms. The van der Waals surface area contributed by atoms with Crippen molar-refractivity contribution in [3.63, 3.8) is 0 Å². The standard InChI is InChI=1S/C19H21NO5/c1-11-7-5-6-8-16(11)24-10-17(23)25-9-15(22)19-12(2)18(14(4)21)13(3)20-19/h5-8,20H,9-10H2,1-4H3. The Morgan fingerprint density at radius 2 is 1.72 bits per heavy atom. The summed E-state index contributed by atoms with van der Waals surface area (Å²) in [6.07, 6.45) is 0. The van der Waals surface area contributed by atoms with Gasteiger partial charge in [-0.25, -0.2) is 4.79 Å². The van der Waals surface area contributed by atoms with Gasteiger partial charge in [-0.1, -0.05) is 18.2 Å². The maximum absolute atomic E-state index is 12.2. The molecule has 0 unspecified atom stereocenters. The molecule has 2 rings (SSSR count). The van der Waals surface area contributed by atoms with E-state index in [2.05, 4.69) is 4.98 Å². The lowest BCUT2D eigenvalue weighted by Gasteiger charge is -2.08. The number of aromatic amines is 1. The van der Waals surface area contributed by atoms with Crippen LogP contribution in [0.25, 0.3) is 0 Å². The molecule has 1 heterocycles. The normalized spacial score (nSPS) is 10.4. The lowest BCUT2D eigenvalue weighted by Crippen LogP contribution is -2.20. The van der Waals surface area contributed by atoms with E-state index >= 15 is 0 Å². The SMILES string of the molecule is CC(=O)c1c(C)[nH]c(C(=O)COC(=O)COc2ccccc2C)c1C. The van der Waals surface area contributed by atoms with Gasteiger partial charge in [0.05, 0.1) is 5.69 Å². The molecule has 0 saturated heterocycles. The molecule has 0 amide bonds. The Bertz CT molecular complexity index is 819. The van der Waals surface area contributed by atoms with Crippen LogP contribution in [0, 0.1) is 20.8 Å². The van der Waals surface area contributed by atoms with E-state index in [9.17, 15) is 14.4 Å². The van der Waals surface area contributed by atoms with Crippen LogP contribution in [0.5, 0.6) is 5.75 Å². The van der Waals surface area contributed by atoms with Crippen molar-refractivity contribution in [2.75, 3.05) is 13.2 Å². The van der Waals surface area contributed by atoms with Crippen molar-refractivity contribution in [2.45, 2.75) is 27.7 Å². The number of Topliss-reactive ketones (excluding diaryl/α,β-unsaturated/α-hetero) is 2. The van der Waals surface area contributed by atoms with E-state index in [0.717, 1.165) is 5.56 Å². The molecule has 132 valence electrons. The van der Waals surface area contributed by atoms with Gasteiger partial charge in [0, 0.05) is 11.3 Å². The number of carbonyl (C=O) groups excluding carboxylic acids is 3. The van der Waals surface area contributed by atoms with Crippen molar-refractivity contribution in [3.8, 4) is 5.75 Å². The molecule has 2 aromatic rings. The summed E-state index contributed by atoms with van der Waals surface area (Å²) in [5, 5.41) is 0. The Morgan fingerprint density at radius 1 is 1.04 bits per heavy atom. The van der Waals surface area contributed by atoms with Gasteiger partial charge in [-0.05, 0) is 44.9 Å². The van der Waals surface area contributed by atoms with Crippen LogP contribution in [0.4, 0.5) is 0 Å². The van der Waals surface area contributed by atoms with E-state index in [-0.39, 0.29) is 18.1 Å². The van der Waals surface area contributed by atoms with Crippen molar-refractivity contribution in [3.05, 3.63) is 52.3 Å². The summed E-state index contributed by atoms with van der Waals surface area (Å²) in [7, 11) is 0. The van der Waals surface area contributed by atoms with Gasteiger partial charge in [0.2, 0.25) is 5.78 Å². The van der Waals surface area contributed by atoms with E-state index in [0.29, 0.717) is 22.6 Å². The van der Waals surface area contributed by atoms with Crippen molar-refractivity contribution in [1.82, 2.24) is 4.98 Å². The fourth-order valence-corrected chi connectivity index (χ4v) is 2.67. The van der Waals surface area contributed by atoms with E-state index in [1.165, 1.54) is 6.92 Å². The number of carbonyl (C=O) groups is 3. The van der Waals surface area contributed by atoms with E-state index < -0.39 is 18.4 Å². The predicted octanol–water partition coefficient (Wildman–Crippen LogP) is 2.95. The first-order valence-electron chi connectivity index (χ1n) is 7.88. The van der Waals surface area contributed by atoms with Gasteiger partial charge >= 0.3 is 5.97 Å². The van der Waals surface area contributed by atoms with Crippen molar-refractivity contribution in [2.24, 2.45) is 0 Å². The zero-order valence-corrected chi connectivity index (χ0v) is 14.8. The molecule has 6 heteroatoms. The maximum Gasteiger partial charge on any atom is 0.344 e. The highest BCUT2D eigenvalue weighted by Gasteiger charge is 2.20. The number of para-hydroxylation sites is 1. The zero-order chi connectivity index (χ0) is 18.6. The Labute approximate surface area is 146 Å². The number of hydrogen-bond acceptors (Lipinski definition) is 5. The van der Waals surface area contributed by atoms with E-state index in [1.54, 1.807) is 26.0 Å². The Hall–Kier alpha value is -2.89. The molecule has 25 heavy (non-hydrogen) atoms. The summed E-state index contributed by atoms with van der Waals surface area (Å²) in [6.45, 7) is 6.04. The van der Waals surface area contributed by atoms with Crippen LogP contribution in [0.15, 0.2) is 24.3 Å². The molecule has 0 fully saturated rings. The third-order valence-electron chi connectivity index (χ3n) is 3.87. The third kappa shape index (κ3) is 4.35. The molecule has 0 aliphatic rings. The van der Waals surface area contributed by atoms with Crippen LogP contribution in [-0.2, 0) is 9.53 Å². The summed E-state index contributed by atoms with van der Waals surface area (Å²) in [4.78, 5) is 38.5. The highest BCUT2D eigenvalue weighted by Crippen LogP contribution is 2.19. The van der Waals surface area contributed by atoms with Gasteiger partial charge in [-0.3, -0.25) is 9.59 Å². The molecule has 1 aromatic heterocycles. The molecule has 0 atom stereocenters. The highest BCUT2D eigenvalue weighted by atomic mass is 16.6. The molecule has 0 saturated carbocycles. The van der Waals surface area contributed by atoms with Crippen molar-refractivity contribution >= 4 is 17.5 Å². The van der Waals surface area contributed by atoms with Gasteiger partial charge in [-0.2, -0.15) is 0 Å². The van der Waals surface area contributed by atoms with Gasteiger partial charge < -0.3 is 14.5 Å². The summed E-state index contributed by atoms with van der Waals surface area (Å²) in [6, 6.07) is 7.30. The number of ketones is 2. The Morgan fingerprint density at radius 3 is 2.32 bits per heavy atom. The number of ether oxygens (including phenoxy) is 2. The molecule has 0 aliphatic heterocycles. The first-order chi connectivity index (χ1) is 11.8. The first kappa shape index (κ1) is 18.4. The molecule has 0 bridgehead atoms. The van der Waals surface area contributed by atoms with Gasteiger partial charge in [-0.15, -0.1) is 0 Å². The number of hydrogen-bond donors (Lipinski definition) is 1. The second-order valence-corrected chi connectivity index (χ2v) is 5.82. The minimum Gasteiger partial charge on any atom is -0.482 e. The van der Waals surface area contributed by atoms with Crippen LogP contribution in [0.1, 0.15) is 44.6 Å². The lowest BCUT2D eigenvalue weighted by atomic mass is 10.1. The summed E-state index contributed by atoms with van der Waals surface area (Å²) < 4.78 is 10.3. The monoisotopic (exact) mass is 343 g/mol. The fourth-order valence-electron chi connectivity index (χ4n) is 2.67. The summed E-state index contributed by atoms with van der Waals surface area (Å²) in [5.41, 5.74) is 2.89. The lowest BCUT2D eigenvalue weighted by molar-refractivity contribution is -0.144. The largest absolute Gasteiger partial charge is 0.482 e. The van der Waals surface area contributed by atoms with Gasteiger partial charge in [0.1, 0.15) is 5.75 Å². The Balaban J connectivity index is 1.92. The second-order valence-electron chi connectivity index (χ2n) is 5.82. The first-order valence-corrected chi connectivity index (χ1v) is 7.88. The highest BCUT2D eigenvalue weighted by molar-refractivity contribution is 6.04. The molecule has 0 aliphatic carbocycles. The third-order valence-corrected chi connectivity index (χ3v) is 3.87. The minimum absolute atomic E-state index is 0.117. The number of aryl methyl sites for hydroxylation is 2. The van der Waals surface area contributed by atoms with E-state index in [4.69, 9.17) is 9.47 Å². The number of rotatable bonds is 7. The van der Waals surface area contributed by atoms with E-state index in [1.807, 2.05) is 19.1 Å². The number of benzene rings is 1. The topological polar surface area (TPSA) is 85.5 Å². The Kier molecular flexibility index (Phi) is 5.75. The van der Waals surface area contributed by atoms with Crippen LogP contribution < -0.4 is 4.74 Å². The summed E-state index contributed by atoms with van der Waals surface area (Å²) in [5.74, 6) is -0.552. The fraction of sp³-hybridized carbons (Fsp3) is 0.316. The number of nitrogens with one attached hydrogen (secondary N) is 1. The summed E-state index contributed by atoms with van der Waals surface area (Å²) >= 11 is 0. The van der Waals surface area contributed by atoms with Crippen LogP contribution in [-0.4, -0.2) is 35.7 Å².